The Labute approximate surface area is 110 Å². The van der Waals surface area contributed by atoms with Crippen LogP contribution in [0.3, 0.4) is 0 Å². The predicted molar refractivity (Wildman–Crippen MR) is 72.5 cm³/mol. The Bertz CT molecular complexity index is 331. The van der Waals surface area contributed by atoms with Gasteiger partial charge in [0.2, 0.25) is 0 Å². The zero-order valence-electron chi connectivity index (χ0n) is 11.3. The van der Waals surface area contributed by atoms with Crippen molar-refractivity contribution in [1.82, 2.24) is 0 Å². The third-order valence-electron chi connectivity index (χ3n) is 3.56. The Kier molecular flexibility index (Phi) is 5.34. The number of benzene rings is 1. The third kappa shape index (κ3) is 4.22. The molecule has 100 valence electrons. The van der Waals surface area contributed by atoms with E-state index in [1.807, 2.05) is 24.3 Å². The number of hydrogen-bond acceptors (Lipinski definition) is 2. The van der Waals surface area contributed by atoms with E-state index in [0.717, 1.165) is 24.5 Å². The van der Waals surface area contributed by atoms with Gasteiger partial charge in [-0.2, -0.15) is 0 Å². The van der Waals surface area contributed by atoms with Crippen LogP contribution in [-0.4, -0.2) is 33.4 Å². The molecule has 0 amide bonds. The van der Waals surface area contributed by atoms with E-state index >= 15 is 0 Å². The van der Waals surface area contributed by atoms with E-state index in [1.54, 1.807) is 12.0 Å². The van der Waals surface area contributed by atoms with E-state index in [-0.39, 0.29) is 0 Å². The van der Waals surface area contributed by atoms with Gasteiger partial charge in [0.05, 0.1) is 33.4 Å². The lowest BCUT2D eigenvalue weighted by atomic mass is 10.1. The summed E-state index contributed by atoms with van der Waals surface area (Å²) in [5.41, 5.74) is 0. The first-order valence-electron chi connectivity index (χ1n) is 6.99. The maximum absolute atomic E-state index is 5.73. The molecular formula is C15H24NO2+. The fourth-order valence-electron chi connectivity index (χ4n) is 2.49. The lowest BCUT2D eigenvalue weighted by Crippen LogP contribution is -3.12. The SMILES string of the molecule is COc1ccc(OCCC[NH+]2CCCCC2)cc1. The largest absolute Gasteiger partial charge is 0.497 e. The van der Waals surface area contributed by atoms with E-state index < -0.39 is 0 Å². The van der Waals surface area contributed by atoms with Crippen molar-refractivity contribution in [2.45, 2.75) is 25.7 Å². The first kappa shape index (κ1) is 13.2. The van der Waals surface area contributed by atoms with Crippen LogP contribution in [0.1, 0.15) is 25.7 Å². The lowest BCUT2D eigenvalue weighted by Gasteiger charge is -2.23. The second-order valence-corrected chi connectivity index (χ2v) is 4.94. The molecule has 0 bridgehead atoms. The standard InChI is InChI=1S/C15H23NO2/c1-17-14-6-8-15(9-7-14)18-13-5-12-16-10-3-2-4-11-16/h6-9H,2-5,10-13H2,1H3/p+1. The van der Waals surface area contributed by atoms with Gasteiger partial charge in [-0.1, -0.05) is 0 Å². The monoisotopic (exact) mass is 250 g/mol. The summed E-state index contributed by atoms with van der Waals surface area (Å²) in [6.45, 7) is 4.76. The molecule has 0 aliphatic carbocycles. The summed E-state index contributed by atoms with van der Waals surface area (Å²) in [5, 5.41) is 0. The highest BCUT2D eigenvalue weighted by Crippen LogP contribution is 2.16. The molecule has 1 aliphatic rings. The van der Waals surface area contributed by atoms with Gasteiger partial charge in [0.15, 0.2) is 0 Å². The molecule has 0 unspecified atom stereocenters. The van der Waals surface area contributed by atoms with Crippen LogP contribution in [0.2, 0.25) is 0 Å². The van der Waals surface area contributed by atoms with Crippen LogP contribution in [0.4, 0.5) is 0 Å². The molecule has 18 heavy (non-hydrogen) atoms. The minimum absolute atomic E-state index is 0.815. The average Bonchev–Trinajstić information content (AvgIpc) is 2.45. The number of nitrogens with one attached hydrogen (secondary N) is 1. The van der Waals surface area contributed by atoms with Gasteiger partial charge < -0.3 is 14.4 Å². The molecule has 2 rings (SSSR count). The van der Waals surface area contributed by atoms with Gasteiger partial charge in [-0.15, -0.1) is 0 Å². The van der Waals surface area contributed by atoms with Crippen LogP contribution in [-0.2, 0) is 0 Å². The van der Waals surface area contributed by atoms with Crippen LogP contribution in [0.25, 0.3) is 0 Å². The maximum atomic E-state index is 5.73. The average molecular weight is 250 g/mol. The molecule has 1 fully saturated rings. The normalized spacial score (nSPS) is 16.5. The molecule has 0 radical (unpaired) electrons. The Morgan fingerprint density at radius 2 is 1.67 bits per heavy atom. The molecule has 1 aromatic rings. The Hall–Kier alpha value is -1.22. The topological polar surface area (TPSA) is 22.9 Å². The van der Waals surface area contributed by atoms with Crippen molar-refractivity contribution < 1.29 is 14.4 Å². The van der Waals surface area contributed by atoms with Crippen molar-refractivity contribution in [3.8, 4) is 11.5 Å². The minimum Gasteiger partial charge on any atom is -0.497 e. The van der Waals surface area contributed by atoms with Gasteiger partial charge in [-0.25, -0.2) is 0 Å². The van der Waals surface area contributed by atoms with Crippen LogP contribution >= 0.6 is 0 Å². The summed E-state index contributed by atoms with van der Waals surface area (Å²) < 4.78 is 10.8. The van der Waals surface area contributed by atoms with E-state index in [2.05, 4.69) is 0 Å². The summed E-state index contributed by atoms with van der Waals surface area (Å²) in [6, 6.07) is 7.80. The molecule has 0 atom stereocenters. The second kappa shape index (κ2) is 7.27. The fourth-order valence-corrected chi connectivity index (χ4v) is 2.49. The van der Waals surface area contributed by atoms with Crippen molar-refractivity contribution in [2.75, 3.05) is 33.4 Å². The molecule has 0 spiro atoms. The summed E-state index contributed by atoms with van der Waals surface area (Å²) in [4.78, 5) is 1.75. The summed E-state index contributed by atoms with van der Waals surface area (Å²) in [6.07, 6.45) is 5.36. The van der Waals surface area contributed by atoms with Crippen molar-refractivity contribution >= 4 is 0 Å². The van der Waals surface area contributed by atoms with Crippen molar-refractivity contribution in [2.24, 2.45) is 0 Å². The fraction of sp³-hybridized carbons (Fsp3) is 0.600. The number of ether oxygens (including phenoxy) is 2. The van der Waals surface area contributed by atoms with Crippen LogP contribution < -0.4 is 14.4 Å². The zero-order chi connectivity index (χ0) is 12.6. The lowest BCUT2D eigenvalue weighted by molar-refractivity contribution is -0.905. The Morgan fingerprint density at radius 1 is 1.00 bits per heavy atom. The van der Waals surface area contributed by atoms with Gasteiger partial charge in [0.1, 0.15) is 11.5 Å². The summed E-state index contributed by atoms with van der Waals surface area (Å²) >= 11 is 0. The predicted octanol–water partition coefficient (Wildman–Crippen LogP) is 1.53. The molecule has 1 N–H and O–H groups in total. The Balaban J connectivity index is 1.62. The van der Waals surface area contributed by atoms with Gasteiger partial charge >= 0.3 is 0 Å². The highest BCUT2D eigenvalue weighted by molar-refractivity contribution is 5.31. The molecule has 1 aliphatic heterocycles. The minimum atomic E-state index is 0.815. The second-order valence-electron chi connectivity index (χ2n) is 4.94. The van der Waals surface area contributed by atoms with Crippen molar-refractivity contribution in [1.29, 1.82) is 0 Å². The number of quaternary nitrogens is 1. The van der Waals surface area contributed by atoms with Gasteiger partial charge in [-0.05, 0) is 43.5 Å². The molecule has 0 aromatic heterocycles. The molecule has 3 heteroatoms. The number of rotatable bonds is 6. The highest BCUT2D eigenvalue weighted by atomic mass is 16.5. The van der Waals surface area contributed by atoms with Crippen molar-refractivity contribution in [3.63, 3.8) is 0 Å². The van der Waals surface area contributed by atoms with Crippen molar-refractivity contribution in [3.05, 3.63) is 24.3 Å². The van der Waals surface area contributed by atoms with E-state index in [0.29, 0.717) is 0 Å². The summed E-state index contributed by atoms with van der Waals surface area (Å²) in [5.74, 6) is 1.81. The molecule has 1 aromatic carbocycles. The first-order chi connectivity index (χ1) is 8.88. The Morgan fingerprint density at radius 3 is 2.33 bits per heavy atom. The van der Waals surface area contributed by atoms with Gasteiger partial charge in [-0.3, -0.25) is 0 Å². The van der Waals surface area contributed by atoms with Crippen LogP contribution in [0, 0.1) is 0 Å². The molecule has 0 saturated carbocycles. The van der Waals surface area contributed by atoms with Crippen LogP contribution in [0.5, 0.6) is 11.5 Å². The van der Waals surface area contributed by atoms with Crippen LogP contribution in [0.15, 0.2) is 24.3 Å². The molecular weight excluding hydrogens is 226 g/mol. The first-order valence-corrected chi connectivity index (χ1v) is 6.99. The van der Waals surface area contributed by atoms with Gasteiger partial charge in [0.25, 0.3) is 0 Å². The molecule has 1 saturated heterocycles. The third-order valence-corrected chi connectivity index (χ3v) is 3.56. The maximum Gasteiger partial charge on any atom is 0.119 e. The van der Waals surface area contributed by atoms with E-state index in [1.165, 1.54) is 38.9 Å². The smallest absolute Gasteiger partial charge is 0.119 e. The summed E-state index contributed by atoms with van der Waals surface area (Å²) in [7, 11) is 1.68. The quantitative estimate of drug-likeness (QED) is 0.774. The van der Waals surface area contributed by atoms with E-state index in [4.69, 9.17) is 9.47 Å². The highest BCUT2D eigenvalue weighted by Gasteiger charge is 2.12. The number of likely N-dealkylation sites (tertiary alicyclic amines) is 1. The number of methoxy groups -OCH3 is 1. The van der Waals surface area contributed by atoms with Gasteiger partial charge in [0, 0.05) is 6.42 Å². The molecule has 3 nitrogen and oxygen atoms in total. The molecule has 1 heterocycles. The number of hydrogen-bond donors (Lipinski definition) is 1. The van der Waals surface area contributed by atoms with E-state index in [9.17, 15) is 0 Å². The number of piperidine rings is 1. The zero-order valence-corrected chi connectivity index (χ0v) is 11.3.